The van der Waals surface area contributed by atoms with Crippen LogP contribution in [0.1, 0.15) is 36.0 Å². The van der Waals surface area contributed by atoms with E-state index in [1.54, 1.807) is 47.3 Å². The molecule has 6 rings (SSSR count). The molecule has 1 amide bonds. The monoisotopic (exact) mass is 563 g/mol. The first-order valence-electron chi connectivity index (χ1n) is 13.3. The molecule has 1 saturated carbocycles. The number of hydrogen-bond donors (Lipinski definition) is 3. The van der Waals surface area contributed by atoms with Crippen molar-refractivity contribution in [2.75, 3.05) is 30.2 Å². The van der Waals surface area contributed by atoms with Crippen LogP contribution in [-0.4, -0.2) is 65.2 Å². The molecule has 4 aromatic rings. The Hall–Kier alpha value is -4.03. The number of carbonyl (C=O) groups is 1. The third-order valence-electron chi connectivity index (χ3n) is 7.33. The summed E-state index contributed by atoms with van der Waals surface area (Å²) in [5, 5.41) is 6.58. The van der Waals surface area contributed by atoms with Crippen LogP contribution in [0.25, 0.3) is 16.7 Å². The lowest BCUT2D eigenvalue weighted by atomic mass is 10.0. The van der Waals surface area contributed by atoms with Crippen LogP contribution in [0.2, 0.25) is 0 Å². The van der Waals surface area contributed by atoms with Crippen molar-refractivity contribution >= 4 is 44.3 Å². The van der Waals surface area contributed by atoms with E-state index in [1.807, 2.05) is 6.07 Å². The van der Waals surface area contributed by atoms with Gasteiger partial charge in [0.1, 0.15) is 11.5 Å². The predicted octanol–water partition coefficient (Wildman–Crippen LogP) is 4.03. The summed E-state index contributed by atoms with van der Waals surface area (Å²) >= 11 is 0. The predicted molar refractivity (Wildman–Crippen MR) is 152 cm³/mol. The van der Waals surface area contributed by atoms with Crippen LogP contribution >= 0.6 is 0 Å². The molecular weight excluding hydrogens is 533 g/mol. The number of fused-ring (bicyclic) bond motifs is 1. The molecule has 40 heavy (non-hydrogen) atoms. The lowest BCUT2D eigenvalue weighted by Gasteiger charge is -2.29. The molecular formula is C28H30FN7O3S. The number of benzene rings is 2. The highest BCUT2D eigenvalue weighted by Gasteiger charge is 2.36. The Morgan fingerprint density at radius 2 is 1.77 bits per heavy atom. The lowest BCUT2D eigenvalue weighted by Crippen LogP contribution is -2.43. The Labute approximate surface area is 231 Å². The Morgan fingerprint density at radius 3 is 2.50 bits per heavy atom. The van der Waals surface area contributed by atoms with E-state index in [4.69, 9.17) is 0 Å². The third-order valence-corrected chi connectivity index (χ3v) is 9.18. The summed E-state index contributed by atoms with van der Waals surface area (Å²) in [7, 11) is -1.52. The van der Waals surface area contributed by atoms with Crippen molar-refractivity contribution in [2.45, 2.75) is 37.0 Å². The van der Waals surface area contributed by atoms with Crippen LogP contribution in [-0.2, 0) is 10.0 Å². The maximum Gasteiger partial charge on any atom is 0.251 e. The summed E-state index contributed by atoms with van der Waals surface area (Å²) in [5.74, 6) is -0.396. The minimum Gasteiger partial charge on any atom is -0.349 e. The van der Waals surface area contributed by atoms with Gasteiger partial charge >= 0.3 is 0 Å². The molecule has 0 spiro atoms. The van der Waals surface area contributed by atoms with Crippen molar-refractivity contribution in [1.29, 1.82) is 0 Å². The maximum absolute atomic E-state index is 14.5. The number of nitrogens with one attached hydrogen (secondary N) is 3. The quantitative estimate of drug-likeness (QED) is 0.296. The van der Waals surface area contributed by atoms with Gasteiger partial charge in [-0.3, -0.25) is 9.52 Å². The standard InChI is InChI=1S/C28H30FN7O3S/c1-35-13-11-21(12-14-35)31-27(37)18-2-4-20(5-3-18)32-28-30-17-19-10-15-36(26(19)33-28)22-6-9-24(29)25(16-22)34-40(38,39)23-7-8-23/h2-6,9-10,15-17,21,23,34H,7-8,11-14H2,1H3,(H,31,37)(H,30,32,33). The minimum absolute atomic E-state index is 0.0883. The number of carbonyl (C=O) groups excluding carboxylic acids is 1. The van der Waals surface area contributed by atoms with Crippen LogP contribution in [0.3, 0.4) is 0 Å². The van der Waals surface area contributed by atoms with Crippen molar-refractivity contribution in [3.05, 3.63) is 72.3 Å². The van der Waals surface area contributed by atoms with Gasteiger partial charge in [0.25, 0.3) is 5.91 Å². The average Bonchev–Trinajstić information content (AvgIpc) is 3.73. The van der Waals surface area contributed by atoms with Gasteiger partial charge in [-0.25, -0.2) is 17.8 Å². The second kappa shape index (κ2) is 10.5. The number of nitrogens with zero attached hydrogens (tertiary/aromatic N) is 4. The number of halogens is 1. The fourth-order valence-corrected chi connectivity index (χ4v) is 6.18. The molecule has 3 N–H and O–H groups in total. The van der Waals surface area contributed by atoms with Gasteiger partial charge in [0.05, 0.1) is 10.9 Å². The van der Waals surface area contributed by atoms with E-state index in [0.717, 1.165) is 31.3 Å². The van der Waals surface area contributed by atoms with Gasteiger partial charge in [0.2, 0.25) is 16.0 Å². The molecule has 1 aliphatic carbocycles. The van der Waals surface area contributed by atoms with E-state index in [9.17, 15) is 17.6 Å². The molecule has 3 heterocycles. The number of likely N-dealkylation sites (tertiary alicyclic amines) is 1. The minimum atomic E-state index is -3.61. The fourth-order valence-electron chi connectivity index (χ4n) is 4.80. The van der Waals surface area contributed by atoms with E-state index < -0.39 is 21.1 Å². The van der Waals surface area contributed by atoms with Crippen LogP contribution < -0.4 is 15.4 Å². The van der Waals surface area contributed by atoms with Gasteiger partial charge in [0.15, 0.2) is 0 Å². The smallest absolute Gasteiger partial charge is 0.251 e. The molecule has 0 bridgehead atoms. The molecule has 208 valence electrons. The molecule has 2 aromatic heterocycles. The Kier molecular flexibility index (Phi) is 6.88. The summed E-state index contributed by atoms with van der Waals surface area (Å²) < 4.78 is 43.3. The van der Waals surface area contributed by atoms with Gasteiger partial charge in [-0.05, 0) is 94.4 Å². The molecule has 2 aromatic carbocycles. The van der Waals surface area contributed by atoms with Crippen LogP contribution in [0.15, 0.2) is 60.9 Å². The second-order valence-electron chi connectivity index (χ2n) is 10.4. The van der Waals surface area contributed by atoms with Gasteiger partial charge in [-0.2, -0.15) is 4.98 Å². The Morgan fingerprint density at radius 1 is 1.02 bits per heavy atom. The number of sulfonamides is 1. The molecule has 2 aliphatic rings. The zero-order valence-corrected chi connectivity index (χ0v) is 22.8. The van der Waals surface area contributed by atoms with E-state index in [1.165, 1.54) is 12.1 Å². The van der Waals surface area contributed by atoms with E-state index in [2.05, 4.69) is 37.3 Å². The van der Waals surface area contributed by atoms with Gasteiger partial charge in [-0.15, -0.1) is 0 Å². The summed E-state index contributed by atoms with van der Waals surface area (Å²) in [6.07, 6.45) is 6.50. The van der Waals surface area contributed by atoms with Gasteiger partial charge in [-0.1, -0.05) is 0 Å². The number of anilines is 3. The highest BCUT2D eigenvalue weighted by molar-refractivity contribution is 7.93. The average molecular weight is 564 g/mol. The van der Waals surface area contributed by atoms with Crippen molar-refractivity contribution in [3.8, 4) is 5.69 Å². The largest absolute Gasteiger partial charge is 0.349 e. The van der Waals surface area contributed by atoms with Crippen molar-refractivity contribution in [1.82, 2.24) is 24.8 Å². The summed E-state index contributed by atoms with van der Waals surface area (Å²) in [5.41, 5.74) is 2.31. The normalized spacial score (nSPS) is 16.6. The number of aromatic nitrogens is 3. The summed E-state index contributed by atoms with van der Waals surface area (Å²) in [4.78, 5) is 24.0. The Balaban J connectivity index is 1.18. The third kappa shape index (κ3) is 5.63. The second-order valence-corrected chi connectivity index (χ2v) is 12.4. The molecule has 1 saturated heterocycles. The van der Waals surface area contributed by atoms with Crippen LogP contribution in [0, 0.1) is 5.82 Å². The highest BCUT2D eigenvalue weighted by Crippen LogP contribution is 2.31. The summed E-state index contributed by atoms with van der Waals surface area (Å²) in [6.45, 7) is 1.95. The zero-order chi connectivity index (χ0) is 27.9. The first-order chi connectivity index (χ1) is 19.2. The van der Waals surface area contributed by atoms with Crippen molar-refractivity contribution < 1.29 is 17.6 Å². The molecule has 2 fully saturated rings. The maximum atomic E-state index is 14.5. The van der Waals surface area contributed by atoms with Crippen LogP contribution in [0.4, 0.5) is 21.7 Å². The first kappa shape index (κ1) is 26.2. The number of piperidine rings is 1. The molecule has 12 heteroatoms. The molecule has 0 unspecified atom stereocenters. The van der Waals surface area contributed by atoms with Gasteiger partial charge < -0.3 is 20.1 Å². The Bertz CT molecular complexity index is 1660. The number of rotatable bonds is 8. The van der Waals surface area contributed by atoms with Crippen molar-refractivity contribution in [3.63, 3.8) is 0 Å². The molecule has 1 aliphatic heterocycles. The summed E-state index contributed by atoms with van der Waals surface area (Å²) in [6, 6.07) is 13.4. The SMILES string of the molecule is CN1CCC(NC(=O)c2ccc(Nc3ncc4ccn(-c5ccc(F)c(NS(=O)(=O)C6CC6)c5)c4n3)cc2)CC1. The number of hydrogen-bond acceptors (Lipinski definition) is 7. The van der Waals surface area contributed by atoms with Crippen LogP contribution in [0.5, 0.6) is 0 Å². The highest BCUT2D eigenvalue weighted by atomic mass is 32.2. The van der Waals surface area contributed by atoms with E-state index >= 15 is 0 Å². The molecule has 0 radical (unpaired) electrons. The van der Waals surface area contributed by atoms with Crippen molar-refractivity contribution in [2.24, 2.45) is 0 Å². The number of amides is 1. The topological polar surface area (TPSA) is 121 Å². The molecule has 10 nitrogen and oxygen atoms in total. The first-order valence-corrected chi connectivity index (χ1v) is 14.8. The fraction of sp³-hybridized carbons (Fsp3) is 0.321. The lowest BCUT2D eigenvalue weighted by molar-refractivity contribution is 0.0917. The molecule has 0 atom stereocenters. The zero-order valence-electron chi connectivity index (χ0n) is 22.0. The van der Waals surface area contributed by atoms with E-state index in [-0.39, 0.29) is 17.6 Å². The van der Waals surface area contributed by atoms with E-state index in [0.29, 0.717) is 41.4 Å². The van der Waals surface area contributed by atoms with Gasteiger partial charge in [0, 0.05) is 40.8 Å².